The predicted octanol–water partition coefficient (Wildman–Crippen LogP) is 2.79. The third kappa shape index (κ3) is 3.38. The van der Waals surface area contributed by atoms with Gasteiger partial charge in [0, 0.05) is 23.6 Å². The van der Waals surface area contributed by atoms with Crippen LogP contribution in [0, 0.1) is 13.8 Å². The Morgan fingerprint density at radius 2 is 1.96 bits per heavy atom. The van der Waals surface area contributed by atoms with Crippen LogP contribution in [-0.4, -0.2) is 40.7 Å². The van der Waals surface area contributed by atoms with E-state index < -0.39 is 6.03 Å². The highest BCUT2D eigenvalue weighted by atomic mass is 16.5. The van der Waals surface area contributed by atoms with Crippen LogP contribution in [0.2, 0.25) is 0 Å². The van der Waals surface area contributed by atoms with Gasteiger partial charge in [0.2, 0.25) is 0 Å². The van der Waals surface area contributed by atoms with Gasteiger partial charge in [0.05, 0.1) is 11.6 Å². The van der Waals surface area contributed by atoms with Gasteiger partial charge in [-0.2, -0.15) is 0 Å². The van der Waals surface area contributed by atoms with Crippen molar-refractivity contribution >= 4 is 12.0 Å². The maximum atomic E-state index is 12.5. The van der Waals surface area contributed by atoms with Crippen LogP contribution in [0.5, 0.6) is 0 Å². The summed E-state index contributed by atoms with van der Waals surface area (Å²) in [6.07, 6.45) is 1.69. The number of carbonyl (C=O) groups excluding carboxylic acids is 2. The molecule has 132 valence electrons. The average molecular weight is 341 g/mol. The normalized spacial score (nSPS) is 16.9. The van der Waals surface area contributed by atoms with Gasteiger partial charge in [0.25, 0.3) is 0 Å². The molecule has 6 heteroatoms. The number of benzene rings is 1. The Morgan fingerprint density at radius 1 is 1.24 bits per heavy atom. The van der Waals surface area contributed by atoms with Gasteiger partial charge in [-0.3, -0.25) is 0 Å². The summed E-state index contributed by atoms with van der Waals surface area (Å²) in [6, 6.07) is 11.1. The first-order valence-corrected chi connectivity index (χ1v) is 8.46. The minimum atomic E-state index is -0.458. The number of para-hydroxylation sites is 1. The Morgan fingerprint density at radius 3 is 2.64 bits per heavy atom. The van der Waals surface area contributed by atoms with E-state index in [1.165, 1.54) is 0 Å². The van der Waals surface area contributed by atoms with Crippen molar-refractivity contribution in [3.05, 3.63) is 53.3 Å². The van der Waals surface area contributed by atoms with Crippen LogP contribution < -0.4 is 5.73 Å². The van der Waals surface area contributed by atoms with Crippen molar-refractivity contribution in [3.63, 3.8) is 0 Å². The lowest BCUT2D eigenvalue weighted by atomic mass is 10.2. The molecule has 2 aromatic rings. The second-order valence-electron chi connectivity index (χ2n) is 6.38. The fourth-order valence-electron chi connectivity index (χ4n) is 3.49. The molecule has 3 rings (SSSR count). The molecule has 0 bridgehead atoms. The molecule has 0 aliphatic carbocycles. The van der Waals surface area contributed by atoms with Gasteiger partial charge in [-0.25, -0.2) is 9.59 Å². The van der Waals surface area contributed by atoms with E-state index in [4.69, 9.17) is 10.5 Å². The number of urea groups is 1. The van der Waals surface area contributed by atoms with Crippen molar-refractivity contribution in [1.29, 1.82) is 0 Å². The number of ether oxygens (including phenoxy) is 1. The lowest BCUT2D eigenvalue weighted by Crippen LogP contribution is -2.42. The second-order valence-corrected chi connectivity index (χ2v) is 6.38. The summed E-state index contributed by atoms with van der Waals surface area (Å²) in [5.41, 5.74) is 8.72. The molecule has 0 saturated carbocycles. The van der Waals surface area contributed by atoms with Gasteiger partial charge >= 0.3 is 12.0 Å². The molecule has 1 fully saturated rings. The van der Waals surface area contributed by atoms with Gasteiger partial charge in [-0.15, -0.1) is 0 Å². The second kappa shape index (κ2) is 7.01. The van der Waals surface area contributed by atoms with E-state index in [0.717, 1.165) is 29.9 Å². The molecule has 1 aliphatic heterocycles. The number of carbonyl (C=O) groups is 2. The quantitative estimate of drug-likeness (QED) is 0.869. The topological polar surface area (TPSA) is 77.6 Å². The maximum Gasteiger partial charge on any atom is 0.340 e. The van der Waals surface area contributed by atoms with Crippen molar-refractivity contribution in [1.82, 2.24) is 9.47 Å². The Kier molecular flexibility index (Phi) is 4.79. The number of primary amides is 1. The smallest absolute Gasteiger partial charge is 0.340 e. The number of rotatable bonds is 4. The lowest BCUT2D eigenvalue weighted by molar-refractivity contribution is 0.0421. The molecule has 6 nitrogen and oxygen atoms in total. The molecule has 0 radical (unpaired) electrons. The molecular formula is C19H23N3O3. The zero-order chi connectivity index (χ0) is 18.0. The molecular weight excluding hydrogens is 318 g/mol. The molecule has 1 atom stereocenters. The molecule has 1 aromatic carbocycles. The zero-order valence-electron chi connectivity index (χ0n) is 14.6. The van der Waals surface area contributed by atoms with Gasteiger partial charge in [-0.05, 0) is 44.9 Å². The summed E-state index contributed by atoms with van der Waals surface area (Å²) >= 11 is 0. The van der Waals surface area contributed by atoms with Crippen LogP contribution in [0.3, 0.4) is 0 Å². The van der Waals surface area contributed by atoms with Gasteiger partial charge in [-0.1, -0.05) is 18.2 Å². The van der Waals surface area contributed by atoms with E-state index in [9.17, 15) is 9.59 Å². The van der Waals surface area contributed by atoms with E-state index in [1.54, 1.807) is 4.90 Å². The van der Waals surface area contributed by atoms with E-state index in [1.807, 2.05) is 54.8 Å². The number of hydrogen-bond acceptors (Lipinski definition) is 3. The maximum absolute atomic E-state index is 12.5. The van der Waals surface area contributed by atoms with E-state index >= 15 is 0 Å². The predicted molar refractivity (Wildman–Crippen MR) is 94.8 cm³/mol. The molecule has 1 aromatic heterocycles. The van der Waals surface area contributed by atoms with Gasteiger partial charge in [0.1, 0.15) is 6.61 Å². The fraction of sp³-hybridized carbons (Fsp3) is 0.368. The molecule has 2 N–H and O–H groups in total. The highest BCUT2D eigenvalue weighted by Crippen LogP contribution is 2.22. The molecule has 0 spiro atoms. The highest BCUT2D eigenvalue weighted by molar-refractivity contribution is 5.91. The van der Waals surface area contributed by atoms with Crippen LogP contribution in [-0.2, 0) is 4.74 Å². The highest BCUT2D eigenvalue weighted by Gasteiger charge is 2.29. The molecule has 2 amide bonds. The summed E-state index contributed by atoms with van der Waals surface area (Å²) in [4.78, 5) is 25.5. The largest absolute Gasteiger partial charge is 0.460 e. The molecule has 1 aliphatic rings. The van der Waals surface area contributed by atoms with Crippen molar-refractivity contribution in [2.45, 2.75) is 32.7 Å². The minimum Gasteiger partial charge on any atom is -0.460 e. The standard InChI is InChI=1S/C19H23N3O3/c1-13-11-17(14(2)22(13)15-7-4-3-5-8-15)18(23)25-12-16-9-6-10-21(16)19(20)24/h3-5,7-8,11,16H,6,9-10,12H2,1-2H3,(H2,20,24)/t16-/m1/s1. The molecule has 1 saturated heterocycles. The summed E-state index contributed by atoms with van der Waals surface area (Å²) in [6.45, 7) is 4.67. The van der Waals surface area contributed by atoms with Gasteiger partial charge in [0.15, 0.2) is 0 Å². The molecule has 2 heterocycles. The number of nitrogens with two attached hydrogens (primary N) is 1. The van der Waals surface area contributed by atoms with Crippen molar-refractivity contribution < 1.29 is 14.3 Å². The van der Waals surface area contributed by atoms with E-state index in [2.05, 4.69) is 0 Å². The Hall–Kier alpha value is -2.76. The van der Waals surface area contributed by atoms with Crippen LogP contribution in [0.4, 0.5) is 4.79 Å². The van der Waals surface area contributed by atoms with Crippen LogP contribution >= 0.6 is 0 Å². The first-order chi connectivity index (χ1) is 12.0. The Labute approximate surface area is 147 Å². The van der Waals surface area contributed by atoms with E-state index in [-0.39, 0.29) is 18.6 Å². The third-order valence-corrected chi connectivity index (χ3v) is 4.73. The number of hydrogen-bond donors (Lipinski definition) is 1. The van der Waals surface area contributed by atoms with Crippen molar-refractivity contribution in [2.24, 2.45) is 5.73 Å². The van der Waals surface area contributed by atoms with Crippen molar-refractivity contribution in [3.8, 4) is 5.69 Å². The first kappa shape index (κ1) is 17.1. The number of amides is 2. The average Bonchev–Trinajstić information content (AvgIpc) is 3.18. The van der Waals surface area contributed by atoms with Crippen LogP contribution in [0.25, 0.3) is 5.69 Å². The number of aromatic nitrogens is 1. The number of esters is 1. The first-order valence-electron chi connectivity index (χ1n) is 8.46. The van der Waals surface area contributed by atoms with Crippen LogP contribution in [0.15, 0.2) is 36.4 Å². The number of nitrogens with zero attached hydrogens (tertiary/aromatic N) is 2. The summed E-state index contributed by atoms with van der Waals surface area (Å²) < 4.78 is 7.51. The Balaban J connectivity index is 1.74. The third-order valence-electron chi connectivity index (χ3n) is 4.73. The van der Waals surface area contributed by atoms with Crippen molar-refractivity contribution in [2.75, 3.05) is 13.2 Å². The Bertz CT molecular complexity index is 783. The molecule has 0 unspecified atom stereocenters. The number of aryl methyl sites for hydroxylation is 1. The monoisotopic (exact) mass is 341 g/mol. The molecule has 25 heavy (non-hydrogen) atoms. The van der Waals surface area contributed by atoms with Gasteiger partial charge < -0.3 is 19.9 Å². The SMILES string of the molecule is Cc1cc(C(=O)OC[C@H]2CCCN2C(N)=O)c(C)n1-c1ccccc1. The minimum absolute atomic E-state index is 0.126. The summed E-state index contributed by atoms with van der Waals surface area (Å²) in [5, 5.41) is 0. The fourth-order valence-corrected chi connectivity index (χ4v) is 3.49. The van der Waals surface area contributed by atoms with E-state index in [0.29, 0.717) is 12.1 Å². The zero-order valence-corrected chi connectivity index (χ0v) is 14.6. The summed E-state index contributed by atoms with van der Waals surface area (Å²) in [5.74, 6) is -0.369. The number of likely N-dealkylation sites (tertiary alicyclic amines) is 1. The lowest BCUT2D eigenvalue weighted by Gasteiger charge is -2.22. The summed E-state index contributed by atoms with van der Waals surface area (Å²) in [7, 11) is 0. The van der Waals surface area contributed by atoms with Crippen LogP contribution in [0.1, 0.15) is 34.6 Å².